The highest BCUT2D eigenvalue weighted by atomic mass is 32.2. The molecule has 0 aliphatic carbocycles. The van der Waals surface area contributed by atoms with Crippen LogP contribution in [0.1, 0.15) is 43.9 Å². The van der Waals surface area contributed by atoms with E-state index in [1.807, 2.05) is 19.1 Å². The molecule has 140 valence electrons. The van der Waals surface area contributed by atoms with Crippen LogP contribution in [0.4, 0.5) is 0 Å². The van der Waals surface area contributed by atoms with Crippen LogP contribution in [0.15, 0.2) is 24.3 Å². The second kappa shape index (κ2) is 8.29. The molecule has 25 heavy (non-hydrogen) atoms. The molecule has 2 unspecified atom stereocenters. The average Bonchev–Trinajstić information content (AvgIpc) is 2.61. The topological polar surface area (TPSA) is 69.7 Å². The van der Waals surface area contributed by atoms with Crippen molar-refractivity contribution < 1.29 is 13.2 Å². The van der Waals surface area contributed by atoms with E-state index in [1.165, 1.54) is 28.3 Å². The number of carbonyl (C=O) groups excluding carboxylic acids is 1. The van der Waals surface area contributed by atoms with E-state index in [-0.39, 0.29) is 24.4 Å². The van der Waals surface area contributed by atoms with Crippen molar-refractivity contribution >= 4 is 16.1 Å². The number of carbonyl (C=O) groups is 1. The van der Waals surface area contributed by atoms with E-state index in [2.05, 4.69) is 24.4 Å². The molecule has 0 radical (unpaired) electrons. The van der Waals surface area contributed by atoms with Crippen LogP contribution >= 0.6 is 0 Å². The zero-order valence-electron chi connectivity index (χ0n) is 15.5. The third kappa shape index (κ3) is 4.80. The van der Waals surface area contributed by atoms with Gasteiger partial charge in [-0.1, -0.05) is 31.2 Å². The summed E-state index contributed by atoms with van der Waals surface area (Å²) in [7, 11) is -0.438. The van der Waals surface area contributed by atoms with Crippen molar-refractivity contribution in [3.05, 3.63) is 35.4 Å². The average molecular weight is 368 g/mol. The molecular formula is C18H29N3O3S. The van der Waals surface area contributed by atoms with Crippen LogP contribution in [0.3, 0.4) is 0 Å². The number of hydrogen-bond acceptors (Lipinski definition) is 3. The molecule has 1 saturated heterocycles. The number of benzene rings is 1. The molecule has 1 aromatic rings. The van der Waals surface area contributed by atoms with Crippen molar-refractivity contribution in [1.82, 2.24) is 13.9 Å². The van der Waals surface area contributed by atoms with Crippen molar-refractivity contribution in [1.29, 1.82) is 0 Å². The zero-order chi connectivity index (χ0) is 18.6. The highest BCUT2D eigenvalue weighted by Crippen LogP contribution is 2.22. The number of hydrogen-bond donors (Lipinski definition) is 1. The number of nitrogens with zero attached hydrogens (tertiary/aromatic N) is 2. The van der Waals surface area contributed by atoms with E-state index in [0.717, 1.165) is 12.0 Å². The summed E-state index contributed by atoms with van der Waals surface area (Å²) < 4.78 is 27.2. The largest absolute Gasteiger partial charge is 0.349 e. The third-order valence-corrected chi connectivity index (χ3v) is 6.70. The summed E-state index contributed by atoms with van der Waals surface area (Å²) in [6, 6.07) is 8.12. The van der Waals surface area contributed by atoms with Crippen molar-refractivity contribution in [2.75, 3.05) is 27.2 Å². The molecule has 1 fully saturated rings. The van der Waals surface area contributed by atoms with E-state index < -0.39 is 10.2 Å². The monoisotopic (exact) mass is 367 g/mol. The smallest absolute Gasteiger partial charge is 0.281 e. The third-order valence-electron chi connectivity index (χ3n) is 4.79. The van der Waals surface area contributed by atoms with Crippen LogP contribution in [0.5, 0.6) is 0 Å². The Morgan fingerprint density at radius 2 is 1.96 bits per heavy atom. The summed E-state index contributed by atoms with van der Waals surface area (Å²) in [5.74, 6) is -0.383. The Kier molecular flexibility index (Phi) is 6.59. The fourth-order valence-electron chi connectivity index (χ4n) is 3.05. The van der Waals surface area contributed by atoms with Gasteiger partial charge in [0.25, 0.3) is 10.2 Å². The zero-order valence-corrected chi connectivity index (χ0v) is 16.3. The first kappa shape index (κ1) is 19.9. The van der Waals surface area contributed by atoms with Gasteiger partial charge >= 0.3 is 0 Å². The van der Waals surface area contributed by atoms with Crippen LogP contribution in [-0.2, 0) is 21.4 Å². The van der Waals surface area contributed by atoms with Gasteiger partial charge in [0.2, 0.25) is 5.91 Å². The lowest BCUT2D eigenvalue weighted by Gasteiger charge is -2.33. The maximum absolute atomic E-state index is 12.6. The maximum atomic E-state index is 12.6. The molecule has 1 N–H and O–H groups in total. The first-order valence-corrected chi connectivity index (χ1v) is 10.2. The van der Waals surface area contributed by atoms with Gasteiger partial charge in [-0.25, -0.2) is 0 Å². The molecule has 7 heteroatoms. The van der Waals surface area contributed by atoms with Gasteiger partial charge in [0, 0.05) is 27.2 Å². The molecule has 1 heterocycles. The van der Waals surface area contributed by atoms with Gasteiger partial charge in [-0.15, -0.1) is 0 Å². The summed E-state index contributed by atoms with van der Waals surface area (Å²) in [6.45, 7) is 4.78. The van der Waals surface area contributed by atoms with E-state index in [4.69, 9.17) is 0 Å². The summed E-state index contributed by atoms with van der Waals surface area (Å²) in [5.41, 5.74) is 2.32. The Morgan fingerprint density at radius 1 is 1.32 bits per heavy atom. The standard InChI is InChI=1S/C18H29N3O3S/c1-5-15-8-10-16(11-9-15)14(2)19-18(22)17-7-6-12-21(13-17)25(23,24)20(3)4/h8-11,14,17H,5-7,12-13H2,1-4H3,(H,19,22). The first-order chi connectivity index (χ1) is 11.8. The van der Waals surface area contributed by atoms with Crippen LogP contribution in [0, 0.1) is 5.92 Å². The minimum Gasteiger partial charge on any atom is -0.349 e. The molecule has 6 nitrogen and oxygen atoms in total. The Morgan fingerprint density at radius 3 is 2.52 bits per heavy atom. The minimum atomic E-state index is -3.47. The lowest BCUT2D eigenvalue weighted by Crippen LogP contribution is -2.49. The van der Waals surface area contributed by atoms with Crippen LogP contribution < -0.4 is 5.32 Å². The Bertz CT molecular complexity index is 686. The summed E-state index contributed by atoms with van der Waals surface area (Å²) in [6.07, 6.45) is 2.40. The molecule has 0 aromatic heterocycles. The number of amides is 1. The molecule has 0 spiro atoms. The van der Waals surface area contributed by atoms with E-state index in [0.29, 0.717) is 19.4 Å². The van der Waals surface area contributed by atoms with Crippen LogP contribution in [0.2, 0.25) is 0 Å². The lowest BCUT2D eigenvalue weighted by atomic mass is 9.97. The SMILES string of the molecule is CCc1ccc(C(C)NC(=O)C2CCCN(S(=O)(=O)N(C)C)C2)cc1. The van der Waals surface area contributed by atoms with Gasteiger partial charge in [-0.2, -0.15) is 17.0 Å². The quantitative estimate of drug-likeness (QED) is 0.835. The second-order valence-corrected chi connectivity index (χ2v) is 8.96. The number of piperidine rings is 1. The van der Waals surface area contributed by atoms with Gasteiger partial charge in [0.15, 0.2) is 0 Å². The lowest BCUT2D eigenvalue weighted by molar-refractivity contribution is -0.126. The normalized spacial score (nSPS) is 20.4. The van der Waals surface area contributed by atoms with Crippen LogP contribution in [0.25, 0.3) is 0 Å². The Hall–Kier alpha value is -1.44. The predicted molar refractivity (Wildman–Crippen MR) is 99.3 cm³/mol. The van der Waals surface area contributed by atoms with Crippen LogP contribution in [-0.4, -0.2) is 50.1 Å². The number of rotatable bonds is 6. The fraction of sp³-hybridized carbons (Fsp3) is 0.611. The van der Waals surface area contributed by atoms with Gasteiger partial charge in [-0.05, 0) is 37.3 Å². The number of aryl methyl sites for hydroxylation is 1. The molecule has 1 aromatic carbocycles. The predicted octanol–water partition coefficient (Wildman–Crippen LogP) is 1.94. The van der Waals surface area contributed by atoms with E-state index in [1.54, 1.807) is 0 Å². The van der Waals surface area contributed by atoms with Gasteiger partial charge in [-0.3, -0.25) is 4.79 Å². The van der Waals surface area contributed by atoms with Crippen molar-refractivity contribution in [2.45, 2.75) is 39.2 Å². The molecule has 0 bridgehead atoms. The summed E-state index contributed by atoms with van der Waals surface area (Å²) >= 11 is 0. The molecular weight excluding hydrogens is 338 g/mol. The highest BCUT2D eigenvalue weighted by molar-refractivity contribution is 7.86. The second-order valence-electron chi connectivity index (χ2n) is 6.81. The summed E-state index contributed by atoms with van der Waals surface area (Å²) in [5, 5.41) is 3.03. The van der Waals surface area contributed by atoms with Crippen molar-refractivity contribution in [3.63, 3.8) is 0 Å². The maximum Gasteiger partial charge on any atom is 0.281 e. The van der Waals surface area contributed by atoms with Gasteiger partial charge in [0.1, 0.15) is 0 Å². The number of nitrogens with one attached hydrogen (secondary N) is 1. The van der Waals surface area contributed by atoms with Crippen molar-refractivity contribution in [2.24, 2.45) is 5.92 Å². The first-order valence-electron chi connectivity index (χ1n) is 8.82. The summed E-state index contributed by atoms with van der Waals surface area (Å²) in [4.78, 5) is 12.6. The molecule has 2 rings (SSSR count). The minimum absolute atomic E-state index is 0.0780. The Balaban J connectivity index is 1.99. The highest BCUT2D eigenvalue weighted by Gasteiger charge is 2.33. The van der Waals surface area contributed by atoms with E-state index in [9.17, 15) is 13.2 Å². The fourth-order valence-corrected chi connectivity index (χ4v) is 4.24. The van der Waals surface area contributed by atoms with E-state index >= 15 is 0 Å². The molecule has 0 saturated carbocycles. The molecule has 2 atom stereocenters. The molecule has 1 amide bonds. The van der Waals surface area contributed by atoms with Crippen molar-refractivity contribution in [3.8, 4) is 0 Å². The van der Waals surface area contributed by atoms with Gasteiger partial charge in [0.05, 0.1) is 12.0 Å². The molecule has 1 aliphatic heterocycles. The van der Waals surface area contributed by atoms with Gasteiger partial charge < -0.3 is 5.32 Å². The molecule has 1 aliphatic rings. The Labute approximate surface area is 151 Å².